The first-order valence-electron chi connectivity index (χ1n) is 5.42. The molecule has 1 amide bonds. The van der Waals surface area contributed by atoms with Gasteiger partial charge in [-0.25, -0.2) is 0 Å². The van der Waals surface area contributed by atoms with Gasteiger partial charge in [0.2, 0.25) is 5.91 Å². The smallest absolute Gasteiger partial charge is 0.307 e. The number of ether oxygens (including phenoxy) is 1. The summed E-state index contributed by atoms with van der Waals surface area (Å²) in [5.74, 6) is -1.00. The van der Waals surface area contributed by atoms with E-state index in [-0.39, 0.29) is 24.5 Å². The van der Waals surface area contributed by atoms with Crippen LogP contribution in [-0.4, -0.2) is 24.8 Å². The highest BCUT2D eigenvalue weighted by atomic mass is 32.1. The number of Topliss-reactive ketones (excluding diaryl/α,β-unsaturated/α-hetero) is 1. The molecule has 0 saturated heterocycles. The number of nitrogens with one attached hydrogen (secondary N) is 1. The van der Waals surface area contributed by atoms with E-state index in [2.05, 4.69) is 10.1 Å². The van der Waals surface area contributed by atoms with Crippen molar-refractivity contribution in [1.29, 1.82) is 0 Å². The molecule has 1 N–H and O–H groups in total. The van der Waals surface area contributed by atoms with Crippen LogP contribution in [0.4, 0.5) is 0 Å². The normalized spacial score (nSPS) is 11.7. The summed E-state index contributed by atoms with van der Waals surface area (Å²) in [6.45, 7) is 1.35. The van der Waals surface area contributed by atoms with Crippen LogP contribution in [0.25, 0.3) is 0 Å². The van der Waals surface area contributed by atoms with E-state index < -0.39 is 12.0 Å². The van der Waals surface area contributed by atoms with Crippen molar-refractivity contribution in [2.75, 3.05) is 7.11 Å². The van der Waals surface area contributed by atoms with E-state index >= 15 is 0 Å². The maximum absolute atomic E-state index is 11.5. The quantitative estimate of drug-likeness (QED) is 0.626. The van der Waals surface area contributed by atoms with Gasteiger partial charge in [-0.2, -0.15) is 0 Å². The Hall–Kier alpha value is -1.69. The number of hydrogen-bond acceptors (Lipinski definition) is 5. The van der Waals surface area contributed by atoms with E-state index in [1.54, 1.807) is 0 Å². The Balaban J connectivity index is 2.69. The first-order chi connectivity index (χ1) is 8.52. The van der Waals surface area contributed by atoms with Crippen LogP contribution in [0.3, 0.4) is 0 Å². The summed E-state index contributed by atoms with van der Waals surface area (Å²) >= 11 is 1.44. The highest BCUT2D eigenvalue weighted by Crippen LogP contribution is 2.22. The van der Waals surface area contributed by atoms with Crippen molar-refractivity contribution in [3.63, 3.8) is 0 Å². The summed E-state index contributed by atoms with van der Waals surface area (Å²) in [5, 5.41) is 4.52. The number of thiophene rings is 1. The second-order valence-electron chi connectivity index (χ2n) is 3.79. The molecule has 0 aliphatic heterocycles. The molecule has 5 nitrogen and oxygen atoms in total. The molecule has 1 heterocycles. The van der Waals surface area contributed by atoms with Crippen molar-refractivity contribution < 1.29 is 19.1 Å². The fourth-order valence-electron chi connectivity index (χ4n) is 1.43. The molecule has 1 aromatic heterocycles. The van der Waals surface area contributed by atoms with Gasteiger partial charge in [0.05, 0.1) is 26.0 Å². The molecule has 1 unspecified atom stereocenters. The number of ketones is 1. The van der Waals surface area contributed by atoms with Crippen molar-refractivity contribution in [3.05, 3.63) is 22.4 Å². The van der Waals surface area contributed by atoms with Crippen molar-refractivity contribution in [2.45, 2.75) is 25.8 Å². The highest BCUT2D eigenvalue weighted by molar-refractivity contribution is 7.10. The molecule has 1 aromatic rings. The number of esters is 1. The predicted octanol–water partition coefficient (Wildman–Crippen LogP) is 1.45. The fraction of sp³-hybridized carbons (Fsp3) is 0.417. The lowest BCUT2D eigenvalue weighted by atomic mass is 10.1. The SMILES string of the molecule is COC(=O)CC(NC(=O)CC(C)=O)c1cccs1. The first kappa shape index (κ1) is 14.4. The van der Waals surface area contributed by atoms with Crippen LogP contribution in [0.1, 0.15) is 30.7 Å². The zero-order chi connectivity index (χ0) is 13.5. The van der Waals surface area contributed by atoms with E-state index in [9.17, 15) is 14.4 Å². The molecule has 1 rings (SSSR count). The number of hydrogen-bond donors (Lipinski definition) is 1. The van der Waals surface area contributed by atoms with Crippen LogP contribution in [0, 0.1) is 0 Å². The number of methoxy groups -OCH3 is 1. The summed E-state index contributed by atoms with van der Waals surface area (Å²) in [7, 11) is 1.30. The van der Waals surface area contributed by atoms with Gasteiger partial charge in [0.1, 0.15) is 5.78 Å². The standard InChI is InChI=1S/C12H15NO4S/c1-8(14)6-11(15)13-9(7-12(16)17-2)10-4-3-5-18-10/h3-5,9H,6-7H2,1-2H3,(H,13,15). The highest BCUT2D eigenvalue weighted by Gasteiger charge is 2.20. The lowest BCUT2D eigenvalue weighted by Crippen LogP contribution is -2.31. The minimum Gasteiger partial charge on any atom is -0.469 e. The third kappa shape index (κ3) is 4.67. The van der Waals surface area contributed by atoms with Crippen LogP contribution in [-0.2, 0) is 19.1 Å². The zero-order valence-electron chi connectivity index (χ0n) is 10.3. The number of amides is 1. The average Bonchev–Trinajstić information content (AvgIpc) is 2.80. The lowest BCUT2D eigenvalue weighted by Gasteiger charge is -2.15. The number of carbonyl (C=O) groups excluding carboxylic acids is 3. The molecule has 0 bridgehead atoms. The third-order valence-corrected chi connectivity index (χ3v) is 3.22. The van der Waals surface area contributed by atoms with Crippen LogP contribution in [0.15, 0.2) is 17.5 Å². The molecule has 0 radical (unpaired) electrons. The molecule has 1 atom stereocenters. The first-order valence-corrected chi connectivity index (χ1v) is 6.30. The Bertz CT molecular complexity index is 427. The van der Waals surface area contributed by atoms with Gasteiger partial charge in [0.25, 0.3) is 0 Å². The zero-order valence-corrected chi connectivity index (χ0v) is 11.1. The van der Waals surface area contributed by atoms with Gasteiger partial charge in [-0.05, 0) is 18.4 Å². The molecular weight excluding hydrogens is 254 g/mol. The van der Waals surface area contributed by atoms with Gasteiger partial charge < -0.3 is 10.1 Å². The second-order valence-corrected chi connectivity index (χ2v) is 4.77. The fourth-order valence-corrected chi connectivity index (χ4v) is 2.21. The summed E-state index contributed by atoms with van der Waals surface area (Å²) in [6, 6.07) is 3.22. The van der Waals surface area contributed by atoms with Crippen molar-refractivity contribution in [1.82, 2.24) is 5.32 Å². The average molecular weight is 269 g/mol. The molecule has 0 aliphatic carbocycles. The van der Waals surface area contributed by atoms with Gasteiger partial charge in [-0.3, -0.25) is 14.4 Å². The van der Waals surface area contributed by atoms with E-state index in [4.69, 9.17) is 0 Å². The van der Waals surface area contributed by atoms with E-state index in [1.807, 2.05) is 17.5 Å². The molecule has 0 spiro atoms. The third-order valence-electron chi connectivity index (χ3n) is 2.23. The predicted molar refractivity (Wildman–Crippen MR) is 67.1 cm³/mol. The Morgan fingerprint density at radius 2 is 2.17 bits per heavy atom. The Labute approximate surface area is 109 Å². The van der Waals surface area contributed by atoms with Crippen LogP contribution in [0.5, 0.6) is 0 Å². The molecular formula is C12H15NO4S. The van der Waals surface area contributed by atoms with Gasteiger partial charge in [-0.1, -0.05) is 6.07 Å². The molecule has 0 fully saturated rings. The monoisotopic (exact) mass is 269 g/mol. The maximum atomic E-state index is 11.5. The van der Waals surface area contributed by atoms with Crippen LogP contribution >= 0.6 is 11.3 Å². The van der Waals surface area contributed by atoms with Crippen LogP contribution in [0.2, 0.25) is 0 Å². The minimum absolute atomic E-state index is 0.0562. The summed E-state index contributed by atoms with van der Waals surface area (Å²) < 4.78 is 4.59. The molecule has 0 aliphatic rings. The minimum atomic E-state index is -0.440. The topological polar surface area (TPSA) is 72.5 Å². The van der Waals surface area contributed by atoms with E-state index in [1.165, 1.54) is 25.4 Å². The van der Waals surface area contributed by atoms with E-state index in [0.29, 0.717) is 0 Å². The van der Waals surface area contributed by atoms with Gasteiger partial charge in [0, 0.05) is 4.88 Å². The van der Waals surface area contributed by atoms with Gasteiger partial charge >= 0.3 is 5.97 Å². The number of carbonyl (C=O) groups is 3. The maximum Gasteiger partial charge on any atom is 0.307 e. The lowest BCUT2D eigenvalue weighted by molar-refractivity contribution is -0.141. The molecule has 0 saturated carbocycles. The van der Waals surface area contributed by atoms with Crippen LogP contribution < -0.4 is 5.32 Å². The summed E-state index contributed by atoms with van der Waals surface area (Å²) in [6.07, 6.45) is -0.121. The van der Waals surface area contributed by atoms with Crippen molar-refractivity contribution in [2.24, 2.45) is 0 Å². The Morgan fingerprint density at radius 1 is 1.44 bits per heavy atom. The Morgan fingerprint density at radius 3 is 2.67 bits per heavy atom. The summed E-state index contributed by atoms with van der Waals surface area (Å²) in [4.78, 5) is 34.5. The van der Waals surface area contributed by atoms with Gasteiger partial charge in [0.15, 0.2) is 0 Å². The van der Waals surface area contributed by atoms with Crippen molar-refractivity contribution >= 4 is 29.0 Å². The second kappa shape index (κ2) is 6.90. The van der Waals surface area contributed by atoms with Gasteiger partial charge in [-0.15, -0.1) is 11.3 Å². The van der Waals surface area contributed by atoms with E-state index in [0.717, 1.165) is 4.88 Å². The summed E-state index contributed by atoms with van der Waals surface area (Å²) in [5.41, 5.74) is 0. The van der Waals surface area contributed by atoms with Crippen molar-refractivity contribution in [3.8, 4) is 0 Å². The largest absolute Gasteiger partial charge is 0.469 e. The number of rotatable bonds is 6. The Kier molecular flexibility index (Phi) is 5.51. The molecule has 0 aromatic carbocycles. The molecule has 18 heavy (non-hydrogen) atoms. The molecule has 6 heteroatoms. The molecule has 98 valence electrons.